The molecule has 21 heavy (non-hydrogen) atoms. The average Bonchev–Trinajstić information content (AvgIpc) is 2.49. The topological polar surface area (TPSA) is 35.6 Å². The van der Waals surface area contributed by atoms with Gasteiger partial charge in [0.05, 0.1) is 6.54 Å². The zero-order valence-electron chi connectivity index (χ0n) is 12.5. The predicted molar refractivity (Wildman–Crippen MR) is 89.7 cm³/mol. The van der Waals surface area contributed by atoms with Crippen LogP contribution in [0.1, 0.15) is 5.56 Å². The number of carbonyl (C=O) groups is 1. The lowest BCUT2D eigenvalue weighted by molar-refractivity contribution is -0.132. The highest BCUT2D eigenvalue weighted by Crippen LogP contribution is 2.01. The van der Waals surface area contributed by atoms with Gasteiger partial charge in [-0.2, -0.15) is 0 Å². The van der Waals surface area contributed by atoms with Crippen LogP contribution in [0.15, 0.2) is 36.4 Å². The molecule has 116 valence electrons. The van der Waals surface area contributed by atoms with Crippen LogP contribution in [-0.4, -0.2) is 62.0 Å². The van der Waals surface area contributed by atoms with Crippen LogP contribution in [0.25, 0.3) is 6.08 Å². The number of amides is 1. The quantitative estimate of drug-likeness (QED) is 0.895. The Morgan fingerprint density at radius 3 is 2.62 bits per heavy atom. The van der Waals surface area contributed by atoms with Gasteiger partial charge in [0.1, 0.15) is 0 Å². The van der Waals surface area contributed by atoms with Crippen LogP contribution in [0.3, 0.4) is 0 Å². The Labute approximate surface area is 133 Å². The second-order valence-corrected chi connectivity index (χ2v) is 5.14. The van der Waals surface area contributed by atoms with Crippen molar-refractivity contribution in [2.45, 2.75) is 0 Å². The van der Waals surface area contributed by atoms with Gasteiger partial charge < -0.3 is 10.2 Å². The van der Waals surface area contributed by atoms with Crippen LogP contribution in [0.4, 0.5) is 0 Å². The van der Waals surface area contributed by atoms with Crippen LogP contribution in [-0.2, 0) is 4.79 Å². The first kappa shape index (κ1) is 17.7. The Hall–Kier alpha value is -1.36. The summed E-state index contributed by atoms with van der Waals surface area (Å²) in [6.07, 6.45) is 4.19. The van der Waals surface area contributed by atoms with Crippen molar-refractivity contribution in [2.75, 3.05) is 46.3 Å². The molecule has 1 fully saturated rings. The molecular formula is C16H24ClN3O. The van der Waals surface area contributed by atoms with Crippen molar-refractivity contribution < 1.29 is 4.79 Å². The lowest BCUT2D eigenvalue weighted by Crippen LogP contribution is -2.49. The van der Waals surface area contributed by atoms with E-state index in [0.717, 1.165) is 32.7 Å². The first-order valence-corrected chi connectivity index (χ1v) is 7.14. The molecular weight excluding hydrogens is 286 g/mol. The number of nitrogens with zero attached hydrogens (tertiary/aromatic N) is 2. The van der Waals surface area contributed by atoms with E-state index in [4.69, 9.17) is 0 Å². The van der Waals surface area contributed by atoms with E-state index in [2.05, 4.69) is 29.6 Å². The molecule has 1 aliphatic rings. The first-order chi connectivity index (χ1) is 9.75. The second-order valence-electron chi connectivity index (χ2n) is 5.14. The largest absolute Gasteiger partial charge is 0.339 e. The zero-order chi connectivity index (χ0) is 14.2. The molecule has 4 nitrogen and oxygen atoms in total. The lowest BCUT2D eigenvalue weighted by Gasteiger charge is -2.29. The number of piperazine rings is 1. The van der Waals surface area contributed by atoms with Gasteiger partial charge >= 0.3 is 0 Å². The number of halogens is 1. The van der Waals surface area contributed by atoms with Gasteiger partial charge in [0.2, 0.25) is 5.91 Å². The number of hydrogen-bond acceptors (Lipinski definition) is 3. The van der Waals surface area contributed by atoms with E-state index in [9.17, 15) is 4.79 Å². The van der Waals surface area contributed by atoms with Crippen molar-refractivity contribution in [3.05, 3.63) is 42.0 Å². The lowest BCUT2D eigenvalue weighted by atomic mass is 10.2. The molecule has 0 radical (unpaired) electrons. The molecule has 0 unspecified atom stereocenters. The molecule has 0 bridgehead atoms. The van der Waals surface area contributed by atoms with Crippen molar-refractivity contribution in [3.8, 4) is 0 Å². The fourth-order valence-corrected chi connectivity index (χ4v) is 2.24. The van der Waals surface area contributed by atoms with Gasteiger partial charge in [-0.15, -0.1) is 12.4 Å². The maximum Gasteiger partial charge on any atom is 0.236 e. The molecule has 1 saturated heterocycles. The van der Waals surface area contributed by atoms with Crippen molar-refractivity contribution in [1.29, 1.82) is 0 Å². The monoisotopic (exact) mass is 309 g/mol. The molecule has 0 atom stereocenters. The molecule has 1 heterocycles. The number of likely N-dealkylation sites (N-methyl/N-ethyl adjacent to an activating group) is 1. The van der Waals surface area contributed by atoms with E-state index >= 15 is 0 Å². The molecule has 1 aliphatic heterocycles. The van der Waals surface area contributed by atoms with Crippen molar-refractivity contribution in [2.24, 2.45) is 0 Å². The summed E-state index contributed by atoms with van der Waals surface area (Å²) >= 11 is 0. The van der Waals surface area contributed by atoms with Gasteiger partial charge in [0, 0.05) is 32.7 Å². The summed E-state index contributed by atoms with van der Waals surface area (Å²) in [4.78, 5) is 16.1. The van der Waals surface area contributed by atoms with E-state index in [0.29, 0.717) is 6.54 Å². The van der Waals surface area contributed by atoms with E-state index in [-0.39, 0.29) is 18.3 Å². The third kappa shape index (κ3) is 6.29. The Bertz CT molecular complexity index is 444. The standard InChI is InChI=1S/C16H23N3O.ClH/c1-18(11-5-8-15-6-3-2-4-7-15)14-16(20)19-12-9-17-10-13-19;/h2-8,17H,9-14H2,1H3;1H/b8-5+;. The Kier molecular flexibility index (Phi) is 8.05. The summed E-state index contributed by atoms with van der Waals surface area (Å²) in [5.41, 5.74) is 1.19. The Morgan fingerprint density at radius 2 is 1.95 bits per heavy atom. The number of rotatable bonds is 5. The number of carbonyl (C=O) groups excluding carboxylic acids is 1. The van der Waals surface area contributed by atoms with Gasteiger partial charge in [-0.1, -0.05) is 42.5 Å². The van der Waals surface area contributed by atoms with Crippen LogP contribution in [0.2, 0.25) is 0 Å². The number of benzene rings is 1. The van der Waals surface area contributed by atoms with E-state index < -0.39 is 0 Å². The van der Waals surface area contributed by atoms with Gasteiger partial charge in [0.25, 0.3) is 0 Å². The molecule has 1 N–H and O–H groups in total. The molecule has 1 aromatic rings. The molecule has 0 aliphatic carbocycles. The van der Waals surface area contributed by atoms with E-state index in [1.54, 1.807) is 0 Å². The van der Waals surface area contributed by atoms with Gasteiger partial charge in [0.15, 0.2) is 0 Å². The summed E-state index contributed by atoms with van der Waals surface area (Å²) in [6.45, 7) is 4.73. The first-order valence-electron chi connectivity index (χ1n) is 7.14. The van der Waals surface area contributed by atoms with Gasteiger partial charge in [-0.05, 0) is 12.6 Å². The highest BCUT2D eigenvalue weighted by molar-refractivity contribution is 5.85. The highest BCUT2D eigenvalue weighted by Gasteiger charge is 2.16. The third-order valence-electron chi connectivity index (χ3n) is 3.40. The van der Waals surface area contributed by atoms with E-state index in [1.807, 2.05) is 35.0 Å². The molecule has 1 amide bonds. The van der Waals surface area contributed by atoms with Gasteiger partial charge in [-0.3, -0.25) is 9.69 Å². The fraction of sp³-hybridized carbons (Fsp3) is 0.438. The molecule has 0 spiro atoms. The predicted octanol–water partition coefficient (Wildman–Crippen LogP) is 1.49. The smallest absolute Gasteiger partial charge is 0.236 e. The van der Waals surface area contributed by atoms with Gasteiger partial charge in [-0.25, -0.2) is 0 Å². The number of hydrogen-bond donors (Lipinski definition) is 1. The molecule has 0 aromatic heterocycles. The maximum absolute atomic E-state index is 12.1. The molecule has 1 aromatic carbocycles. The van der Waals surface area contributed by atoms with Crippen LogP contribution >= 0.6 is 12.4 Å². The number of nitrogens with one attached hydrogen (secondary N) is 1. The Balaban J connectivity index is 0.00000220. The summed E-state index contributed by atoms with van der Waals surface area (Å²) < 4.78 is 0. The summed E-state index contributed by atoms with van der Waals surface area (Å²) in [5.74, 6) is 0.224. The minimum absolute atomic E-state index is 0. The fourth-order valence-electron chi connectivity index (χ4n) is 2.24. The van der Waals surface area contributed by atoms with Crippen LogP contribution < -0.4 is 5.32 Å². The van der Waals surface area contributed by atoms with Crippen molar-refractivity contribution >= 4 is 24.4 Å². The summed E-state index contributed by atoms with van der Waals surface area (Å²) in [5, 5.41) is 3.26. The second kappa shape index (κ2) is 9.55. The minimum Gasteiger partial charge on any atom is -0.339 e. The SMILES string of the molecule is CN(C/C=C/c1ccccc1)CC(=O)N1CCNCC1.Cl. The van der Waals surface area contributed by atoms with Crippen molar-refractivity contribution in [3.63, 3.8) is 0 Å². The molecule has 5 heteroatoms. The summed E-state index contributed by atoms with van der Waals surface area (Å²) in [7, 11) is 1.98. The maximum atomic E-state index is 12.1. The van der Waals surface area contributed by atoms with Crippen LogP contribution in [0.5, 0.6) is 0 Å². The highest BCUT2D eigenvalue weighted by atomic mass is 35.5. The van der Waals surface area contributed by atoms with E-state index in [1.165, 1.54) is 5.56 Å². The van der Waals surface area contributed by atoms with Crippen LogP contribution in [0, 0.1) is 0 Å². The molecule has 0 saturated carbocycles. The van der Waals surface area contributed by atoms with Crippen molar-refractivity contribution in [1.82, 2.24) is 15.1 Å². The Morgan fingerprint density at radius 1 is 1.29 bits per heavy atom. The molecule has 2 rings (SSSR count). The minimum atomic E-state index is 0. The average molecular weight is 310 g/mol. The normalized spacial score (nSPS) is 15.2. The summed E-state index contributed by atoms with van der Waals surface area (Å²) in [6, 6.07) is 10.2. The third-order valence-corrected chi connectivity index (χ3v) is 3.40. The zero-order valence-corrected chi connectivity index (χ0v) is 13.3.